The topological polar surface area (TPSA) is 84.9 Å². The van der Waals surface area contributed by atoms with Gasteiger partial charge >= 0.3 is 5.97 Å². The average Bonchev–Trinajstić information content (AvgIpc) is 3.26. The van der Waals surface area contributed by atoms with Gasteiger partial charge in [-0.1, -0.05) is 48.3 Å². The Balaban J connectivity index is 1.83. The molecular weight excluding hydrogens is 521 g/mol. The van der Waals surface area contributed by atoms with Crippen molar-refractivity contribution in [2.24, 2.45) is 0 Å². The molecule has 192 valence electrons. The lowest BCUT2D eigenvalue weighted by Gasteiger charge is -2.18. The van der Waals surface area contributed by atoms with Crippen molar-refractivity contribution in [3.63, 3.8) is 0 Å². The molecule has 0 aliphatic rings. The second-order valence-electron chi connectivity index (χ2n) is 8.48. The van der Waals surface area contributed by atoms with E-state index in [1.807, 2.05) is 37.3 Å². The molecule has 1 unspecified atom stereocenters. The molecule has 1 heterocycles. The molecule has 0 aliphatic heterocycles. The lowest BCUT2D eigenvalue weighted by Crippen LogP contribution is -2.29. The summed E-state index contributed by atoms with van der Waals surface area (Å²) in [6.07, 6.45) is -0.124. The Morgan fingerprint density at radius 3 is 2.47 bits per heavy atom. The largest absolute Gasteiger partial charge is 0.494 e. The maximum Gasteiger partial charge on any atom is 0.333 e. The van der Waals surface area contributed by atoms with Crippen molar-refractivity contribution in [3.05, 3.63) is 74.6 Å². The van der Waals surface area contributed by atoms with E-state index >= 15 is 0 Å². The number of carbonyl (C=O) groups excluding carboxylic acids is 1. The third-order valence-electron chi connectivity index (χ3n) is 5.24. The van der Waals surface area contributed by atoms with Crippen LogP contribution in [0.2, 0.25) is 9.36 Å². The standard InChI is InChI=1S/C27H29Cl2NO5S/c1-4-11-34-19-6-8-21(22(28)14-19)26(31)30-15-18-12-17(13-23(27(32)33)35-16(2)3)5-7-20(18)24-9-10-25(29)36-24/h5-10,12,14,16,23H,4,11,13,15H2,1-3H3,(H,30,31)(H,32,33). The smallest absolute Gasteiger partial charge is 0.333 e. The molecule has 0 aliphatic carbocycles. The van der Waals surface area contributed by atoms with Crippen molar-refractivity contribution in [1.29, 1.82) is 0 Å². The van der Waals surface area contributed by atoms with Crippen LogP contribution in [-0.2, 0) is 22.5 Å². The van der Waals surface area contributed by atoms with Gasteiger partial charge in [-0.3, -0.25) is 4.79 Å². The van der Waals surface area contributed by atoms with E-state index in [1.165, 1.54) is 11.3 Å². The van der Waals surface area contributed by atoms with Crippen LogP contribution in [0.5, 0.6) is 5.75 Å². The summed E-state index contributed by atoms with van der Waals surface area (Å²) in [5.41, 5.74) is 2.86. The third kappa shape index (κ3) is 7.71. The van der Waals surface area contributed by atoms with Crippen LogP contribution in [0.25, 0.3) is 10.4 Å². The highest BCUT2D eigenvalue weighted by atomic mass is 35.5. The van der Waals surface area contributed by atoms with Gasteiger partial charge in [0.15, 0.2) is 6.10 Å². The number of rotatable bonds is 12. The number of carbonyl (C=O) groups is 2. The number of hydrogen-bond acceptors (Lipinski definition) is 5. The first-order valence-electron chi connectivity index (χ1n) is 11.6. The fourth-order valence-electron chi connectivity index (χ4n) is 3.62. The molecule has 1 amide bonds. The van der Waals surface area contributed by atoms with Crippen molar-refractivity contribution < 1.29 is 24.2 Å². The molecule has 0 spiro atoms. The molecule has 2 aromatic carbocycles. The van der Waals surface area contributed by atoms with Crippen LogP contribution in [0.3, 0.4) is 0 Å². The Kier molecular flexibility index (Phi) is 10.2. The Labute approximate surface area is 225 Å². The highest BCUT2D eigenvalue weighted by Gasteiger charge is 2.21. The summed E-state index contributed by atoms with van der Waals surface area (Å²) in [7, 11) is 0. The van der Waals surface area contributed by atoms with E-state index < -0.39 is 12.1 Å². The van der Waals surface area contributed by atoms with Crippen LogP contribution >= 0.6 is 34.5 Å². The Hall–Kier alpha value is -2.58. The molecular formula is C27H29Cl2NO5S. The summed E-state index contributed by atoms with van der Waals surface area (Å²) in [6, 6.07) is 14.4. The number of benzene rings is 2. The van der Waals surface area contributed by atoms with Crippen molar-refractivity contribution in [2.75, 3.05) is 6.61 Å². The fraction of sp³-hybridized carbons (Fsp3) is 0.333. The molecule has 1 aromatic heterocycles. The van der Waals surface area contributed by atoms with Gasteiger partial charge in [0.2, 0.25) is 0 Å². The quantitative estimate of drug-likeness (QED) is 0.257. The van der Waals surface area contributed by atoms with Crippen LogP contribution in [0, 0.1) is 0 Å². The number of carboxylic acids is 1. The minimum Gasteiger partial charge on any atom is -0.494 e. The van der Waals surface area contributed by atoms with Gasteiger partial charge in [0.1, 0.15) is 5.75 Å². The molecule has 3 aromatic rings. The maximum atomic E-state index is 12.9. The van der Waals surface area contributed by atoms with E-state index in [1.54, 1.807) is 32.0 Å². The minimum absolute atomic E-state index is 0.199. The van der Waals surface area contributed by atoms with Gasteiger partial charge in [-0.05, 0) is 67.3 Å². The summed E-state index contributed by atoms with van der Waals surface area (Å²) in [4.78, 5) is 25.6. The number of halogens is 2. The van der Waals surface area contributed by atoms with E-state index in [2.05, 4.69) is 5.32 Å². The van der Waals surface area contributed by atoms with E-state index in [9.17, 15) is 14.7 Å². The van der Waals surface area contributed by atoms with Gasteiger partial charge in [0.25, 0.3) is 5.91 Å². The summed E-state index contributed by atoms with van der Waals surface area (Å²) >= 11 is 13.9. The Morgan fingerprint density at radius 1 is 1.08 bits per heavy atom. The zero-order valence-corrected chi connectivity index (χ0v) is 22.7. The first kappa shape index (κ1) is 28.0. The van der Waals surface area contributed by atoms with Crippen LogP contribution < -0.4 is 10.1 Å². The van der Waals surface area contributed by atoms with Crippen molar-refractivity contribution in [1.82, 2.24) is 5.32 Å². The van der Waals surface area contributed by atoms with Gasteiger partial charge in [0, 0.05) is 17.8 Å². The molecule has 9 heteroatoms. The van der Waals surface area contributed by atoms with Gasteiger partial charge < -0.3 is 19.9 Å². The summed E-state index contributed by atoms with van der Waals surface area (Å²) in [5, 5.41) is 12.8. The highest BCUT2D eigenvalue weighted by Crippen LogP contribution is 2.34. The Morgan fingerprint density at radius 2 is 1.86 bits per heavy atom. The molecule has 0 radical (unpaired) electrons. The molecule has 0 saturated heterocycles. The Bertz CT molecular complexity index is 1210. The number of amides is 1. The summed E-state index contributed by atoms with van der Waals surface area (Å²) < 4.78 is 11.8. The fourth-order valence-corrected chi connectivity index (χ4v) is 4.98. The summed E-state index contributed by atoms with van der Waals surface area (Å²) in [6.45, 7) is 6.39. The van der Waals surface area contributed by atoms with Crippen LogP contribution in [0.1, 0.15) is 48.7 Å². The molecule has 0 fully saturated rings. The maximum absolute atomic E-state index is 12.9. The van der Waals surface area contributed by atoms with Crippen LogP contribution in [-0.4, -0.2) is 35.8 Å². The number of nitrogens with one attached hydrogen (secondary N) is 1. The van der Waals surface area contributed by atoms with E-state index in [-0.39, 0.29) is 25.0 Å². The molecule has 0 saturated carbocycles. The molecule has 0 bridgehead atoms. The predicted octanol–water partition coefficient (Wildman–Crippen LogP) is 6.86. The highest BCUT2D eigenvalue weighted by molar-refractivity contribution is 7.19. The van der Waals surface area contributed by atoms with Gasteiger partial charge in [-0.2, -0.15) is 0 Å². The minimum atomic E-state index is -1.02. The number of hydrogen-bond donors (Lipinski definition) is 2. The molecule has 36 heavy (non-hydrogen) atoms. The van der Waals surface area contributed by atoms with Gasteiger partial charge in [-0.25, -0.2) is 4.79 Å². The zero-order chi connectivity index (χ0) is 26.2. The molecule has 1 atom stereocenters. The van der Waals surface area contributed by atoms with Crippen molar-refractivity contribution in [3.8, 4) is 16.2 Å². The van der Waals surface area contributed by atoms with Crippen molar-refractivity contribution in [2.45, 2.75) is 52.4 Å². The number of carboxylic acid groups (broad SMARTS) is 1. The monoisotopic (exact) mass is 549 g/mol. The number of ether oxygens (including phenoxy) is 2. The van der Waals surface area contributed by atoms with Gasteiger partial charge in [0.05, 0.1) is 27.6 Å². The molecule has 3 rings (SSSR count). The molecule has 2 N–H and O–H groups in total. The second kappa shape index (κ2) is 13.1. The third-order valence-corrected chi connectivity index (χ3v) is 6.82. The zero-order valence-electron chi connectivity index (χ0n) is 20.3. The van der Waals surface area contributed by atoms with E-state index in [4.69, 9.17) is 32.7 Å². The SMILES string of the molecule is CCCOc1ccc(C(=O)NCc2cc(CC(OC(C)C)C(=O)O)ccc2-c2ccc(Cl)s2)c(Cl)c1. The average molecular weight is 551 g/mol. The number of aliphatic carboxylic acids is 1. The molecule has 6 nitrogen and oxygen atoms in total. The second-order valence-corrected chi connectivity index (χ2v) is 10.6. The normalized spacial score (nSPS) is 11.9. The van der Waals surface area contributed by atoms with Gasteiger partial charge in [-0.15, -0.1) is 11.3 Å². The first-order valence-corrected chi connectivity index (χ1v) is 13.2. The first-order chi connectivity index (χ1) is 17.2. The van der Waals surface area contributed by atoms with Crippen molar-refractivity contribution >= 4 is 46.4 Å². The van der Waals surface area contributed by atoms with E-state index in [0.717, 1.165) is 28.0 Å². The van der Waals surface area contributed by atoms with Crippen LogP contribution in [0.15, 0.2) is 48.5 Å². The summed E-state index contributed by atoms with van der Waals surface area (Å²) in [5.74, 6) is -0.734. The predicted molar refractivity (Wildman–Crippen MR) is 145 cm³/mol. The van der Waals surface area contributed by atoms with Crippen LogP contribution in [0.4, 0.5) is 0 Å². The number of thiophene rings is 1. The lowest BCUT2D eigenvalue weighted by atomic mass is 9.99. The lowest BCUT2D eigenvalue weighted by molar-refractivity contribution is -0.153. The van der Waals surface area contributed by atoms with E-state index in [0.29, 0.717) is 27.3 Å².